The zero-order valence-corrected chi connectivity index (χ0v) is 12.9. The van der Waals surface area contributed by atoms with E-state index in [4.69, 9.17) is 17.4 Å². The van der Waals surface area contributed by atoms with Gasteiger partial charge in [0.25, 0.3) is 0 Å². The highest BCUT2D eigenvalue weighted by Crippen LogP contribution is 2.28. The number of hydrazine groups is 1. The number of hydrogen-bond donors (Lipinski definition) is 2. The maximum atomic E-state index is 5.94. The number of thiazole rings is 1. The standard InChI is InChI=1S/C12H13BrClN3S/c1-7-16-9(6-18-7)5-12(17-15)10-3-2-8(14)4-11(10)13/h2-4,6,12,17H,5,15H2,1H3. The van der Waals surface area contributed by atoms with Gasteiger partial charge in [0.2, 0.25) is 0 Å². The summed E-state index contributed by atoms with van der Waals surface area (Å²) < 4.78 is 0.949. The van der Waals surface area contributed by atoms with E-state index in [1.807, 2.05) is 25.1 Å². The highest BCUT2D eigenvalue weighted by molar-refractivity contribution is 9.10. The van der Waals surface area contributed by atoms with E-state index in [2.05, 4.69) is 31.7 Å². The van der Waals surface area contributed by atoms with Crippen molar-refractivity contribution >= 4 is 38.9 Å². The Kier molecular flexibility index (Phi) is 4.75. The molecule has 0 aliphatic carbocycles. The average Bonchev–Trinajstić information content (AvgIpc) is 2.72. The minimum atomic E-state index is 0.0122. The summed E-state index contributed by atoms with van der Waals surface area (Å²) in [6.07, 6.45) is 0.751. The molecule has 96 valence electrons. The lowest BCUT2D eigenvalue weighted by Crippen LogP contribution is -2.30. The first-order valence-electron chi connectivity index (χ1n) is 5.42. The summed E-state index contributed by atoms with van der Waals surface area (Å²) in [4.78, 5) is 4.45. The summed E-state index contributed by atoms with van der Waals surface area (Å²) in [7, 11) is 0. The van der Waals surface area contributed by atoms with Gasteiger partial charge in [-0.05, 0) is 24.6 Å². The summed E-state index contributed by atoms with van der Waals surface area (Å²) in [6, 6.07) is 5.71. The van der Waals surface area contributed by atoms with Gasteiger partial charge in [-0.1, -0.05) is 33.6 Å². The predicted octanol–water partition coefficient (Wildman–Crippen LogP) is 3.61. The Morgan fingerprint density at radius 3 is 2.89 bits per heavy atom. The van der Waals surface area contributed by atoms with Gasteiger partial charge in [0.1, 0.15) is 0 Å². The third kappa shape index (κ3) is 3.30. The second kappa shape index (κ2) is 6.12. The molecule has 1 unspecified atom stereocenters. The van der Waals surface area contributed by atoms with Crippen LogP contribution in [-0.2, 0) is 6.42 Å². The van der Waals surface area contributed by atoms with Crippen LogP contribution in [0.4, 0.5) is 0 Å². The van der Waals surface area contributed by atoms with Gasteiger partial charge in [0.15, 0.2) is 0 Å². The maximum absolute atomic E-state index is 5.94. The van der Waals surface area contributed by atoms with E-state index < -0.39 is 0 Å². The van der Waals surface area contributed by atoms with Gasteiger partial charge < -0.3 is 0 Å². The number of rotatable bonds is 4. The van der Waals surface area contributed by atoms with E-state index in [0.717, 1.165) is 27.2 Å². The van der Waals surface area contributed by atoms with Gasteiger partial charge in [-0.25, -0.2) is 4.98 Å². The van der Waals surface area contributed by atoms with Crippen molar-refractivity contribution in [2.75, 3.05) is 0 Å². The SMILES string of the molecule is Cc1nc(CC(NN)c2ccc(Cl)cc2Br)cs1. The fourth-order valence-corrected chi connectivity index (χ4v) is 3.34. The summed E-state index contributed by atoms with van der Waals surface area (Å²) >= 11 is 11.1. The second-order valence-corrected chi connectivity index (χ2v) is 6.30. The molecule has 6 heteroatoms. The molecule has 1 heterocycles. The van der Waals surface area contributed by atoms with Gasteiger partial charge in [0.05, 0.1) is 16.7 Å². The molecule has 1 aromatic heterocycles. The highest BCUT2D eigenvalue weighted by atomic mass is 79.9. The number of nitrogens with two attached hydrogens (primary N) is 1. The van der Waals surface area contributed by atoms with Crippen LogP contribution in [0.5, 0.6) is 0 Å². The number of aromatic nitrogens is 1. The monoisotopic (exact) mass is 345 g/mol. The molecule has 0 fully saturated rings. The Labute approximate surface area is 123 Å². The number of nitrogens with zero attached hydrogens (tertiary/aromatic N) is 1. The zero-order chi connectivity index (χ0) is 13.1. The first-order valence-corrected chi connectivity index (χ1v) is 7.47. The van der Waals surface area contributed by atoms with E-state index in [1.54, 1.807) is 11.3 Å². The molecule has 0 bridgehead atoms. The van der Waals surface area contributed by atoms with Gasteiger partial charge in [-0.2, -0.15) is 0 Å². The Morgan fingerprint density at radius 2 is 2.33 bits per heavy atom. The van der Waals surface area contributed by atoms with Gasteiger partial charge in [-0.15, -0.1) is 11.3 Å². The smallest absolute Gasteiger partial charge is 0.0897 e. The van der Waals surface area contributed by atoms with Crippen LogP contribution in [0.3, 0.4) is 0 Å². The number of aryl methyl sites for hydroxylation is 1. The van der Waals surface area contributed by atoms with Crippen molar-refractivity contribution in [1.82, 2.24) is 10.4 Å². The zero-order valence-electron chi connectivity index (χ0n) is 9.78. The average molecular weight is 347 g/mol. The molecule has 0 aliphatic heterocycles. The van der Waals surface area contributed by atoms with Crippen LogP contribution in [0, 0.1) is 6.92 Å². The lowest BCUT2D eigenvalue weighted by Gasteiger charge is -2.17. The summed E-state index contributed by atoms with van der Waals surface area (Å²) in [5.74, 6) is 5.64. The van der Waals surface area contributed by atoms with Gasteiger partial charge >= 0.3 is 0 Å². The summed E-state index contributed by atoms with van der Waals surface area (Å²) in [6.45, 7) is 2.00. The molecule has 0 saturated heterocycles. The highest BCUT2D eigenvalue weighted by Gasteiger charge is 2.15. The Morgan fingerprint density at radius 1 is 1.56 bits per heavy atom. The molecule has 1 atom stereocenters. The maximum Gasteiger partial charge on any atom is 0.0897 e. The molecule has 3 N–H and O–H groups in total. The number of hydrogen-bond acceptors (Lipinski definition) is 4. The van der Waals surface area contributed by atoms with Crippen LogP contribution in [0.15, 0.2) is 28.1 Å². The van der Waals surface area contributed by atoms with E-state index in [9.17, 15) is 0 Å². The van der Waals surface area contributed by atoms with E-state index in [-0.39, 0.29) is 6.04 Å². The first kappa shape index (κ1) is 14.0. The van der Waals surface area contributed by atoms with Crippen LogP contribution in [0.2, 0.25) is 5.02 Å². The molecular weight excluding hydrogens is 334 g/mol. The van der Waals surface area contributed by atoms with Crippen molar-refractivity contribution in [3.8, 4) is 0 Å². The van der Waals surface area contributed by atoms with Crippen LogP contribution < -0.4 is 11.3 Å². The van der Waals surface area contributed by atoms with Crippen LogP contribution in [0.25, 0.3) is 0 Å². The minimum absolute atomic E-state index is 0.0122. The fraction of sp³-hybridized carbons (Fsp3) is 0.250. The minimum Gasteiger partial charge on any atom is -0.271 e. The molecule has 0 saturated carbocycles. The molecule has 0 aliphatic rings. The number of halogens is 2. The number of nitrogens with one attached hydrogen (secondary N) is 1. The molecular formula is C12H13BrClN3S. The van der Waals surface area contributed by atoms with Crippen LogP contribution in [0.1, 0.15) is 22.3 Å². The molecule has 1 aromatic carbocycles. The molecule has 18 heavy (non-hydrogen) atoms. The normalized spacial score (nSPS) is 12.7. The first-order chi connectivity index (χ1) is 8.60. The summed E-state index contributed by atoms with van der Waals surface area (Å²) in [5, 5.41) is 3.82. The molecule has 2 aromatic rings. The molecule has 3 nitrogen and oxygen atoms in total. The lowest BCUT2D eigenvalue weighted by atomic mass is 10.0. The Bertz CT molecular complexity index is 544. The second-order valence-electron chi connectivity index (χ2n) is 3.95. The van der Waals surface area contributed by atoms with Gasteiger partial charge in [-0.3, -0.25) is 11.3 Å². The van der Waals surface area contributed by atoms with Crippen molar-refractivity contribution < 1.29 is 0 Å². The van der Waals surface area contributed by atoms with Crippen LogP contribution in [-0.4, -0.2) is 4.98 Å². The lowest BCUT2D eigenvalue weighted by molar-refractivity contribution is 0.545. The largest absolute Gasteiger partial charge is 0.271 e. The number of benzene rings is 1. The Hall–Kier alpha value is -0.460. The van der Waals surface area contributed by atoms with Crippen molar-refractivity contribution in [3.63, 3.8) is 0 Å². The van der Waals surface area contributed by atoms with Crippen molar-refractivity contribution in [3.05, 3.63) is 49.3 Å². The molecule has 0 amide bonds. The van der Waals surface area contributed by atoms with Crippen molar-refractivity contribution in [1.29, 1.82) is 0 Å². The van der Waals surface area contributed by atoms with Crippen molar-refractivity contribution in [2.45, 2.75) is 19.4 Å². The third-order valence-corrected chi connectivity index (χ3v) is 4.36. The third-order valence-electron chi connectivity index (χ3n) is 2.62. The quantitative estimate of drug-likeness (QED) is 0.657. The van der Waals surface area contributed by atoms with Crippen LogP contribution >= 0.6 is 38.9 Å². The van der Waals surface area contributed by atoms with Gasteiger partial charge in [0, 0.05) is 21.3 Å². The fourth-order valence-electron chi connectivity index (χ4n) is 1.75. The van der Waals surface area contributed by atoms with E-state index >= 15 is 0 Å². The van der Waals surface area contributed by atoms with E-state index in [0.29, 0.717) is 5.02 Å². The van der Waals surface area contributed by atoms with E-state index in [1.165, 1.54) is 0 Å². The summed E-state index contributed by atoms with van der Waals surface area (Å²) in [5.41, 5.74) is 4.95. The molecule has 0 spiro atoms. The molecule has 2 rings (SSSR count). The topological polar surface area (TPSA) is 50.9 Å². The predicted molar refractivity (Wildman–Crippen MR) is 79.8 cm³/mol. The molecule has 0 radical (unpaired) electrons. The Balaban J connectivity index is 2.22. The van der Waals surface area contributed by atoms with Crippen molar-refractivity contribution in [2.24, 2.45) is 5.84 Å².